The maximum absolute atomic E-state index is 4.18. The predicted molar refractivity (Wildman–Crippen MR) is 87.5 cm³/mol. The number of aromatic nitrogens is 4. The molecule has 0 fully saturated rings. The lowest BCUT2D eigenvalue weighted by atomic mass is 10.2. The zero-order valence-corrected chi connectivity index (χ0v) is 12.5. The van der Waals surface area contributed by atoms with Gasteiger partial charge in [-0.05, 0) is 35.5 Å². The molecule has 0 saturated heterocycles. The first-order valence-corrected chi connectivity index (χ1v) is 8.03. The minimum atomic E-state index is 0.739. The monoisotopic (exact) mass is 313 g/mol. The van der Waals surface area contributed by atoms with Gasteiger partial charge in [0.2, 0.25) is 0 Å². The van der Waals surface area contributed by atoms with Crippen molar-refractivity contribution < 1.29 is 0 Å². The summed E-state index contributed by atoms with van der Waals surface area (Å²) in [6, 6.07) is 12.4. The summed E-state index contributed by atoms with van der Waals surface area (Å²) in [5, 5.41) is 9.97. The summed E-state index contributed by atoms with van der Waals surface area (Å²) in [5.74, 6) is 0.739. The smallest absolute Gasteiger partial charge is 0.171 e. The molecule has 3 heterocycles. The summed E-state index contributed by atoms with van der Waals surface area (Å²) in [7, 11) is 0. The number of thiophene rings is 1. The number of rotatable bonds is 4. The first kappa shape index (κ1) is 12.5. The average molecular weight is 313 g/mol. The van der Waals surface area contributed by atoms with Crippen LogP contribution in [-0.4, -0.2) is 20.2 Å². The fraction of sp³-hybridized carbons (Fsp3) is 0. The Morgan fingerprint density at radius 2 is 2.19 bits per heavy atom. The van der Waals surface area contributed by atoms with Crippen molar-refractivity contribution in [3.8, 4) is 11.5 Å². The minimum absolute atomic E-state index is 0.739. The molecule has 0 saturated carbocycles. The van der Waals surface area contributed by atoms with E-state index in [-0.39, 0.29) is 0 Å². The van der Waals surface area contributed by atoms with E-state index in [2.05, 4.69) is 54.5 Å². The molecule has 0 spiro atoms. The molecule has 0 radical (unpaired) electrons. The van der Waals surface area contributed by atoms with Crippen LogP contribution in [0.15, 0.2) is 52.3 Å². The Morgan fingerprint density at radius 1 is 1.19 bits per heavy atom. The van der Waals surface area contributed by atoms with Crippen molar-refractivity contribution in [2.45, 2.75) is 4.21 Å². The Labute approximate surface area is 129 Å². The summed E-state index contributed by atoms with van der Waals surface area (Å²) in [6.07, 6.45) is 1.51. The van der Waals surface area contributed by atoms with Gasteiger partial charge in [0.05, 0.1) is 21.1 Å². The van der Waals surface area contributed by atoms with Crippen LogP contribution in [0.1, 0.15) is 0 Å². The molecule has 0 amide bonds. The van der Waals surface area contributed by atoms with E-state index in [9.17, 15) is 0 Å². The van der Waals surface area contributed by atoms with E-state index in [0.29, 0.717) is 0 Å². The number of fused-ring (bicyclic) bond motifs is 1. The number of nitrogens with one attached hydrogen (secondary N) is 3. The number of hydrogen-bond donors (Lipinski definition) is 3. The fourth-order valence-corrected chi connectivity index (χ4v) is 3.59. The summed E-state index contributed by atoms with van der Waals surface area (Å²) >= 11 is 3.33. The molecule has 104 valence electrons. The number of H-pyrrole nitrogens is 2. The third-order valence-corrected chi connectivity index (χ3v) is 4.94. The van der Waals surface area contributed by atoms with Gasteiger partial charge in [0, 0.05) is 5.39 Å². The second-order valence-corrected chi connectivity index (χ2v) is 6.48. The molecule has 0 bridgehead atoms. The van der Waals surface area contributed by atoms with Gasteiger partial charge in [-0.2, -0.15) is 5.10 Å². The predicted octanol–water partition coefficient (Wildman–Crippen LogP) is 4.13. The van der Waals surface area contributed by atoms with Gasteiger partial charge < -0.3 is 9.71 Å². The lowest BCUT2D eigenvalue weighted by Gasteiger charge is -2.04. The largest absolute Gasteiger partial charge is 0.350 e. The van der Waals surface area contributed by atoms with E-state index in [4.69, 9.17) is 0 Å². The second kappa shape index (κ2) is 5.27. The summed E-state index contributed by atoms with van der Waals surface area (Å²) in [4.78, 5) is 7.57. The molecule has 3 N–H and O–H groups in total. The van der Waals surface area contributed by atoms with E-state index in [0.717, 1.165) is 28.1 Å². The van der Waals surface area contributed by atoms with Crippen LogP contribution in [0, 0.1) is 0 Å². The summed E-state index contributed by atoms with van der Waals surface area (Å²) in [5.41, 5.74) is 3.04. The molecule has 0 atom stereocenters. The maximum Gasteiger partial charge on any atom is 0.171 e. The van der Waals surface area contributed by atoms with Crippen LogP contribution < -0.4 is 4.72 Å². The summed E-state index contributed by atoms with van der Waals surface area (Å²) < 4.78 is 4.63. The molecule has 0 aliphatic rings. The molecule has 4 aromatic rings. The van der Waals surface area contributed by atoms with Gasteiger partial charge in [-0.3, -0.25) is 5.10 Å². The molecule has 0 unspecified atom stereocenters. The highest BCUT2D eigenvalue weighted by atomic mass is 32.2. The van der Waals surface area contributed by atoms with Crippen molar-refractivity contribution >= 4 is 39.9 Å². The number of aromatic amines is 2. The van der Waals surface area contributed by atoms with Gasteiger partial charge in [-0.25, -0.2) is 4.98 Å². The lowest BCUT2D eigenvalue weighted by molar-refractivity contribution is 1.09. The average Bonchev–Trinajstić information content (AvgIpc) is 3.23. The van der Waals surface area contributed by atoms with Crippen LogP contribution in [-0.2, 0) is 0 Å². The van der Waals surface area contributed by atoms with E-state index in [1.807, 2.05) is 12.1 Å². The lowest BCUT2D eigenvalue weighted by Crippen LogP contribution is -1.87. The third-order valence-electron chi connectivity index (χ3n) is 3.08. The van der Waals surface area contributed by atoms with Crippen molar-refractivity contribution in [1.29, 1.82) is 0 Å². The molecule has 21 heavy (non-hydrogen) atoms. The zero-order chi connectivity index (χ0) is 14.1. The topological polar surface area (TPSA) is 69.4 Å². The normalized spacial score (nSPS) is 11.0. The molecule has 3 aromatic heterocycles. The van der Waals surface area contributed by atoms with Crippen LogP contribution in [0.3, 0.4) is 0 Å². The van der Waals surface area contributed by atoms with E-state index >= 15 is 0 Å². The molecular formula is C14H11N5S2. The van der Waals surface area contributed by atoms with E-state index < -0.39 is 0 Å². The Kier molecular flexibility index (Phi) is 3.13. The number of para-hydroxylation sites is 1. The van der Waals surface area contributed by atoms with E-state index in [1.165, 1.54) is 10.5 Å². The van der Waals surface area contributed by atoms with Crippen molar-refractivity contribution in [1.82, 2.24) is 20.2 Å². The number of nitrogens with zero attached hydrogens (tertiary/aromatic N) is 2. The van der Waals surface area contributed by atoms with Crippen LogP contribution >= 0.6 is 23.3 Å². The maximum atomic E-state index is 4.18. The SMILES string of the molecule is c1csc(SNc2cccc3cc(-c4ncn[nH]4)[nH]c23)c1. The highest BCUT2D eigenvalue weighted by Crippen LogP contribution is 2.31. The minimum Gasteiger partial charge on any atom is -0.350 e. The Hall–Kier alpha value is -2.25. The first-order valence-electron chi connectivity index (χ1n) is 6.34. The van der Waals surface area contributed by atoms with Gasteiger partial charge >= 0.3 is 0 Å². The van der Waals surface area contributed by atoms with Gasteiger partial charge in [0.25, 0.3) is 0 Å². The number of benzene rings is 1. The molecule has 7 heteroatoms. The molecule has 1 aromatic carbocycles. The van der Waals surface area contributed by atoms with Gasteiger partial charge in [-0.1, -0.05) is 18.2 Å². The van der Waals surface area contributed by atoms with Crippen molar-refractivity contribution in [3.05, 3.63) is 48.1 Å². The van der Waals surface area contributed by atoms with Gasteiger partial charge in [0.1, 0.15) is 6.33 Å². The van der Waals surface area contributed by atoms with Gasteiger partial charge in [0.15, 0.2) is 5.82 Å². The third kappa shape index (κ3) is 2.41. The van der Waals surface area contributed by atoms with Crippen molar-refractivity contribution in [2.75, 3.05) is 4.72 Å². The standard InChI is InChI=1S/C14H11N5S2/c1-3-9-7-11(14-15-8-16-18-14)17-13(9)10(4-1)19-21-12-5-2-6-20-12/h1-8,17,19H,(H,15,16,18). The zero-order valence-electron chi connectivity index (χ0n) is 10.8. The summed E-state index contributed by atoms with van der Waals surface area (Å²) in [6.45, 7) is 0. The van der Waals surface area contributed by atoms with Crippen molar-refractivity contribution in [3.63, 3.8) is 0 Å². The highest BCUT2D eigenvalue weighted by molar-refractivity contribution is 8.02. The molecular weight excluding hydrogens is 302 g/mol. The fourth-order valence-electron chi connectivity index (χ4n) is 2.13. The molecule has 4 rings (SSSR count). The Balaban J connectivity index is 1.69. The quantitative estimate of drug-likeness (QED) is 0.495. The highest BCUT2D eigenvalue weighted by Gasteiger charge is 2.09. The molecule has 5 nitrogen and oxygen atoms in total. The molecule has 0 aliphatic heterocycles. The van der Waals surface area contributed by atoms with Gasteiger partial charge in [-0.15, -0.1) is 11.3 Å². The second-order valence-electron chi connectivity index (χ2n) is 4.42. The Morgan fingerprint density at radius 3 is 3.00 bits per heavy atom. The number of anilines is 1. The van der Waals surface area contributed by atoms with Crippen LogP contribution in [0.4, 0.5) is 5.69 Å². The van der Waals surface area contributed by atoms with E-state index in [1.54, 1.807) is 23.3 Å². The molecule has 0 aliphatic carbocycles. The van der Waals surface area contributed by atoms with Crippen LogP contribution in [0.25, 0.3) is 22.4 Å². The first-order chi connectivity index (χ1) is 10.4. The van der Waals surface area contributed by atoms with Crippen LogP contribution in [0.2, 0.25) is 0 Å². The van der Waals surface area contributed by atoms with Crippen molar-refractivity contribution in [2.24, 2.45) is 0 Å². The Bertz CT molecular complexity index is 849. The number of hydrogen-bond acceptors (Lipinski definition) is 5. The van der Waals surface area contributed by atoms with Crippen LogP contribution in [0.5, 0.6) is 0 Å².